The van der Waals surface area contributed by atoms with Gasteiger partial charge in [-0.3, -0.25) is 0 Å². The van der Waals surface area contributed by atoms with Crippen LogP contribution < -0.4 is 0 Å². The third-order valence-corrected chi connectivity index (χ3v) is 4.58. The molecule has 1 saturated carbocycles. The fourth-order valence-electron chi connectivity index (χ4n) is 1.93. The van der Waals surface area contributed by atoms with Crippen molar-refractivity contribution < 1.29 is 5.11 Å². The summed E-state index contributed by atoms with van der Waals surface area (Å²) in [6.45, 7) is 2.10. The van der Waals surface area contributed by atoms with Crippen LogP contribution in [0.25, 0.3) is 0 Å². The lowest BCUT2D eigenvalue weighted by Gasteiger charge is -2.24. The molecular formula is C9H12BrNOS. The van der Waals surface area contributed by atoms with E-state index >= 15 is 0 Å². The second-order valence-corrected chi connectivity index (χ2v) is 5.36. The summed E-state index contributed by atoms with van der Waals surface area (Å²) in [7, 11) is 0. The number of hydrogen-bond donors (Lipinski definition) is 1. The minimum Gasteiger partial charge on any atom is -0.382 e. The number of aliphatic hydroxyl groups is 1. The maximum atomic E-state index is 10.4. The highest BCUT2D eigenvalue weighted by molar-refractivity contribution is 9.10. The van der Waals surface area contributed by atoms with Crippen LogP contribution in [0.4, 0.5) is 0 Å². The van der Waals surface area contributed by atoms with Gasteiger partial charge in [-0.1, -0.05) is 6.92 Å². The van der Waals surface area contributed by atoms with Crippen molar-refractivity contribution in [3.63, 3.8) is 0 Å². The first kappa shape index (κ1) is 9.62. The second kappa shape index (κ2) is 3.33. The van der Waals surface area contributed by atoms with Crippen LogP contribution >= 0.6 is 27.3 Å². The molecule has 0 saturated heterocycles. The smallest absolute Gasteiger partial charge is 0.126 e. The molecule has 2 atom stereocenters. The molecule has 13 heavy (non-hydrogen) atoms. The molecule has 1 aromatic heterocycles. The summed E-state index contributed by atoms with van der Waals surface area (Å²) >= 11 is 4.85. The fourth-order valence-corrected chi connectivity index (χ4v) is 3.43. The maximum absolute atomic E-state index is 10.4. The van der Waals surface area contributed by atoms with Gasteiger partial charge in [0.2, 0.25) is 0 Å². The summed E-state index contributed by atoms with van der Waals surface area (Å²) in [6, 6.07) is 0. The van der Waals surface area contributed by atoms with Gasteiger partial charge >= 0.3 is 0 Å². The molecule has 1 heterocycles. The van der Waals surface area contributed by atoms with Crippen molar-refractivity contribution in [3.8, 4) is 0 Å². The summed E-state index contributed by atoms with van der Waals surface area (Å²) in [5, 5.41) is 13.2. The van der Waals surface area contributed by atoms with Gasteiger partial charge in [-0.25, -0.2) is 4.98 Å². The van der Waals surface area contributed by atoms with Crippen molar-refractivity contribution >= 4 is 27.3 Å². The van der Waals surface area contributed by atoms with Gasteiger partial charge in [-0.2, -0.15) is 0 Å². The maximum Gasteiger partial charge on any atom is 0.126 e. The van der Waals surface area contributed by atoms with Gasteiger partial charge in [-0.05, 0) is 41.1 Å². The molecule has 0 bridgehead atoms. The zero-order valence-electron chi connectivity index (χ0n) is 7.46. The van der Waals surface area contributed by atoms with E-state index in [0.29, 0.717) is 5.92 Å². The Kier molecular flexibility index (Phi) is 2.47. The summed E-state index contributed by atoms with van der Waals surface area (Å²) in [4.78, 5) is 4.30. The highest BCUT2D eigenvalue weighted by Gasteiger charge is 2.42. The minimum atomic E-state index is -0.656. The van der Waals surface area contributed by atoms with Gasteiger partial charge in [0.25, 0.3) is 0 Å². The Bertz CT molecular complexity index is 314. The van der Waals surface area contributed by atoms with Gasteiger partial charge in [0, 0.05) is 5.38 Å². The van der Waals surface area contributed by atoms with E-state index in [-0.39, 0.29) is 0 Å². The monoisotopic (exact) mass is 261 g/mol. The molecule has 1 aliphatic rings. The number of aromatic nitrogens is 1. The molecule has 2 rings (SSSR count). The molecule has 0 aliphatic heterocycles. The predicted molar refractivity (Wildman–Crippen MR) is 56.7 cm³/mol. The summed E-state index contributed by atoms with van der Waals surface area (Å²) < 4.78 is 0.833. The topological polar surface area (TPSA) is 33.1 Å². The molecule has 2 unspecified atom stereocenters. The number of nitrogens with zero attached hydrogens (tertiary/aromatic N) is 1. The summed E-state index contributed by atoms with van der Waals surface area (Å²) in [5.41, 5.74) is -0.656. The van der Waals surface area contributed by atoms with Crippen molar-refractivity contribution in [2.45, 2.75) is 31.8 Å². The zero-order chi connectivity index (χ0) is 9.47. The Morgan fingerprint density at radius 3 is 3.00 bits per heavy atom. The third kappa shape index (κ3) is 1.55. The van der Waals surface area contributed by atoms with E-state index in [9.17, 15) is 5.11 Å². The normalized spacial score (nSPS) is 33.9. The Hall–Kier alpha value is 0.0700. The highest BCUT2D eigenvalue weighted by Crippen LogP contribution is 2.44. The first-order valence-corrected chi connectivity index (χ1v) is 6.14. The van der Waals surface area contributed by atoms with E-state index in [0.717, 1.165) is 28.9 Å². The zero-order valence-corrected chi connectivity index (χ0v) is 9.86. The quantitative estimate of drug-likeness (QED) is 0.844. The van der Waals surface area contributed by atoms with E-state index in [1.807, 2.05) is 5.38 Å². The van der Waals surface area contributed by atoms with Crippen molar-refractivity contribution in [2.24, 2.45) is 5.92 Å². The lowest BCUT2D eigenvalue weighted by atomic mass is 9.93. The standard InChI is InChI=1S/C9H12BrNOS/c1-6-3-2-4-9(6,12)8-11-7(10)5-13-8/h5-6,12H,2-4H2,1H3. The van der Waals surface area contributed by atoms with Crippen LogP contribution in [-0.2, 0) is 5.60 Å². The van der Waals surface area contributed by atoms with Gasteiger partial charge in [-0.15, -0.1) is 11.3 Å². The number of hydrogen-bond acceptors (Lipinski definition) is 3. The summed E-state index contributed by atoms with van der Waals surface area (Å²) in [6.07, 6.45) is 3.07. The van der Waals surface area contributed by atoms with Crippen LogP contribution in [0.2, 0.25) is 0 Å². The van der Waals surface area contributed by atoms with Crippen molar-refractivity contribution in [1.29, 1.82) is 0 Å². The Morgan fingerprint density at radius 1 is 1.77 bits per heavy atom. The third-order valence-electron chi connectivity index (χ3n) is 2.86. The number of thiazole rings is 1. The van der Waals surface area contributed by atoms with Crippen molar-refractivity contribution in [2.75, 3.05) is 0 Å². The molecule has 0 amide bonds. The molecule has 0 aromatic carbocycles. The second-order valence-electron chi connectivity index (χ2n) is 3.69. The molecule has 4 heteroatoms. The first-order chi connectivity index (χ1) is 6.13. The van der Waals surface area contributed by atoms with Crippen LogP contribution in [0.1, 0.15) is 31.2 Å². The molecule has 1 fully saturated rings. The lowest BCUT2D eigenvalue weighted by molar-refractivity contribution is 0.00419. The average Bonchev–Trinajstić information content (AvgIpc) is 2.62. The van der Waals surface area contributed by atoms with E-state index < -0.39 is 5.60 Å². The molecule has 2 nitrogen and oxygen atoms in total. The van der Waals surface area contributed by atoms with Gasteiger partial charge in [0.05, 0.1) is 0 Å². The van der Waals surface area contributed by atoms with Crippen LogP contribution in [0.3, 0.4) is 0 Å². The van der Waals surface area contributed by atoms with Crippen molar-refractivity contribution in [1.82, 2.24) is 4.98 Å². The molecule has 1 aliphatic carbocycles. The van der Waals surface area contributed by atoms with Gasteiger partial charge in [0.1, 0.15) is 15.2 Å². The number of rotatable bonds is 1. The van der Waals surface area contributed by atoms with Gasteiger partial charge < -0.3 is 5.11 Å². The molecule has 72 valence electrons. The Labute approximate surface area is 90.1 Å². The molecule has 0 spiro atoms. The molecule has 0 radical (unpaired) electrons. The van der Waals surface area contributed by atoms with E-state index in [2.05, 4.69) is 27.8 Å². The van der Waals surface area contributed by atoms with Gasteiger partial charge in [0.15, 0.2) is 0 Å². The van der Waals surface area contributed by atoms with E-state index in [1.54, 1.807) is 11.3 Å². The SMILES string of the molecule is CC1CCCC1(O)c1nc(Br)cs1. The van der Waals surface area contributed by atoms with E-state index in [1.165, 1.54) is 0 Å². The largest absolute Gasteiger partial charge is 0.382 e. The van der Waals surface area contributed by atoms with E-state index in [4.69, 9.17) is 0 Å². The lowest BCUT2D eigenvalue weighted by Crippen LogP contribution is -2.28. The predicted octanol–water partition coefficient (Wildman–Crippen LogP) is 2.91. The molecular weight excluding hydrogens is 250 g/mol. The van der Waals surface area contributed by atoms with Crippen LogP contribution in [0.5, 0.6) is 0 Å². The van der Waals surface area contributed by atoms with Crippen molar-refractivity contribution in [3.05, 3.63) is 15.0 Å². The minimum absolute atomic E-state index is 0.338. The average molecular weight is 262 g/mol. The number of halogens is 1. The molecule has 1 N–H and O–H groups in total. The molecule has 1 aromatic rings. The fraction of sp³-hybridized carbons (Fsp3) is 0.667. The van der Waals surface area contributed by atoms with Crippen LogP contribution in [-0.4, -0.2) is 10.1 Å². The first-order valence-electron chi connectivity index (χ1n) is 4.47. The van der Waals surface area contributed by atoms with Crippen LogP contribution in [0, 0.1) is 5.92 Å². The highest BCUT2D eigenvalue weighted by atomic mass is 79.9. The Morgan fingerprint density at radius 2 is 2.54 bits per heavy atom. The Balaban J connectivity index is 2.33. The summed E-state index contributed by atoms with van der Waals surface area (Å²) in [5.74, 6) is 0.338. The van der Waals surface area contributed by atoms with Crippen LogP contribution in [0.15, 0.2) is 9.98 Å².